The highest BCUT2D eigenvalue weighted by Gasteiger charge is 2.16. The summed E-state index contributed by atoms with van der Waals surface area (Å²) in [7, 11) is 0. The van der Waals surface area contributed by atoms with E-state index in [1.165, 1.54) is 17.1 Å². The van der Waals surface area contributed by atoms with Crippen LogP contribution in [0.25, 0.3) is 0 Å². The van der Waals surface area contributed by atoms with Crippen LogP contribution in [0.3, 0.4) is 0 Å². The molecule has 0 saturated heterocycles. The zero-order valence-corrected chi connectivity index (χ0v) is 5.91. The van der Waals surface area contributed by atoms with Crippen LogP contribution >= 0.6 is 0 Å². The number of hydrogen-bond acceptors (Lipinski definition) is 2. The molecule has 0 N–H and O–H groups in total. The Labute approximate surface area is 64.7 Å². The van der Waals surface area contributed by atoms with Gasteiger partial charge in [0.05, 0.1) is 13.1 Å². The number of carbonyl (C=O) groups is 2. The van der Waals surface area contributed by atoms with Gasteiger partial charge in [-0.25, -0.2) is 0 Å². The van der Waals surface area contributed by atoms with Gasteiger partial charge in [-0.05, 0) is 6.08 Å². The Morgan fingerprint density at radius 2 is 2.27 bits per heavy atom. The molecule has 0 saturated carbocycles. The SMILES string of the molecule is C#CCN1CC(=O)C=CC1=O. The minimum atomic E-state index is -0.192. The molecular formula is C8H7NO2. The van der Waals surface area contributed by atoms with Gasteiger partial charge in [0, 0.05) is 6.08 Å². The predicted molar refractivity (Wildman–Crippen MR) is 39.6 cm³/mol. The molecule has 1 aliphatic rings. The van der Waals surface area contributed by atoms with Gasteiger partial charge in [-0.2, -0.15) is 0 Å². The van der Waals surface area contributed by atoms with Crippen LogP contribution in [0.2, 0.25) is 0 Å². The molecule has 3 heteroatoms. The van der Waals surface area contributed by atoms with E-state index in [2.05, 4.69) is 5.92 Å². The lowest BCUT2D eigenvalue weighted by Crippen LogP contribution is -2.37. The topological polar surface area (TPSA) is 37.4 Å². The third kappa shape index (κ3) is 1.68. The standard InChI is InChI=1S/C8H7NO2/c1-2-5-9-6-7(10)3-4-8(9)11/h1,3-4H,5-6H2. The number of carbonyl (C=O) groups excluding carboxylic acids is 2. The third-order valence-corrected chi connectivity index (χ3v) is 1.35. The van der Waals surface area contributed by atoms with Gasteiger partial charge in [-0.15, -0.1) is 6.42 Å². The zero-order valence-electron chi connectivity index (χ0n) is 5.91. The number of nitrogens with zero attached hydrogens (tertiary/aromatic N) is 1. The Morgan fingerprint density at radius 3 is 2.91 bits per heavy atom. The maximum absolute atomic E-state index is 10.9. The highest BCUT2D eigenvalue weighted by molar-refractivity contribution is 6.04. The summed E-state index contributed by atoms with van der Waals surface area (Å²) in [5.74, 6) is 2.03. The summed E-state index contributed by atoms with van der Waals surface area (Å²) in [5, 5.41) is 0. The Hall–Kier alpha value is -1.56. The highest BCUT2D eigenvalue weighted by atomic mass is 16.2. The molecule has 0 aliphatic carbocycles. The molecule has 1 amide bonds. The van der Waals surface area contributed by atoms with Gasteiger partial charge in [0.25, 0.3) is 0 Å². The van der Waals surface area contributed by atoms with Gasteiger partial charge in [0.15, 0.2) is 5.78 Å². The average molecular weight is 149 g/mol. The fourth-order valence-corrected chi connectivity index (χ4v) is 0.832. The molecule has 0 atom stereocenters. The van der Waals surface area contributed by atoms with Crippen LogP contribution in [-0.4, -0.2) is 29.7 Å². The van der Waals surface area contributed by atoms with Crippen molar-refractivity contribution in [1.82, 2.24) is 4.90 Å². The normalized spacial score (nSPS) is 16.8. The lowest BCUT2D eigenvalue weighted by molar-refractivity contribution is -0.130. The van der Waals surface area contributed by atoms with Crippen molar-refractivity contribution < 1.29 is 9.59 Å². The summed E-state index contributed by atoms with van der Waals surface area (Å²) in [4.78, 5) is 23.0. The van der Waals surface area contributed by atoms with E-state index in [1.54, 1.807) is 0 Å². The van der Waals surface area contributed by atoms with Crippen molar-refractivity contribution in [1.29, 1.82) is 0 Å². The molecule has 0 aromatic carbocycles. The molecule has 3 nitrogen and oxygen atoms in total. The van der Waals surface area contributed by atoms with Crippen molar-refractivity contribution in [2.24, 2.45) is 0 Å². The van der Waals surface area contributed by atoms with Crippen molar-refractivity contribution >= 4 is 11.7 Å². The lowest BCUT2D eigenvalue weighted by atomic mass is 10.2. The van der Waals surface area contributed by atoms with Crippen LogP contribution in [0.1, 0.15) is 0 Å². The molecule has 1 aliphatic heterocycles. The number of hydrogen-bond donors (Lipinski definition) is 0. The molecule has 0 unspecified atom stereocenters. The molecular weight excluding hydrogens is 142 g/mol. The monoisotopic (exact) mass is 149 g/mol. The second-order valence-corrected chi connectivity index (χ2v) is 2.20. The first kappa shape index (κ1) is 7.55. The van der Waals surface area contributed by atoms with E-state index in [0.29, 0.717) is 0 Å². The number of amides is 1. The van der Waals surface area contributed by atoms with Crippen molar-refractivity contribution in [3.8, 4) is 12.3 Å². The number of rotatable bonds is 1. The summed E-state index contributed by atoms with van der Waals surface area (Å²) >= 11 is 0. The van der Waals surface area contributed by atoms with Crippen molar-refractivity contribution in [3.63, 3.8) is 0 Å². The quantitative estimate of drug-likeness (QED) is 0.475. The molecule has 1 rings (SSSR count). The zero-order chi connectivity index (χ0) is 8.27. The fourth-order valence-electron chi connectivity index (χ4n) is 0.832. The number of ketones is 1. The highest BCUT2D eigenvalue weighted by Crippen LogP contribution is 1.98. The Kier molecular flexibility index (Phi) is 2.07. The molecule has 0 spiro atoms. The van der Waals surface area contributed by atoms with Crippen LogP contribution in [0, 0.1) is 12.3 Å². The van der Waals surface area contributed by atoms with E-state index in [9.17, 15) is 9.59 Å². The molecule has 1 heterocycles. The molecule has 0 aromatic rings. The van der Waals surface area contributed by atoms with Crippen LogP contribution in [0.5, 0.6) is 0 Å². The maximum atomic E-state index is 10.9. The second-order valence-electron chi connectivity index (χ2n) is 2.20. The average Bonchev–Trinajstić information content (AvgIpc) is 1.98. The molecule has 0 radical (unpaired) electrons. The summed E-state index contributed by atoms with van der Waals surface area (Å²) in [5.41, 5.74) is 0. The summed E-state index contributed by atoms with van der Waals surface area (Å²) < 4.78 is 0. The van der Waals surface area contributed by atoms with Crippen molar-refractivity contribution in [2.45, 2.75) is 0 Å². The van der Waals surface area contributed by atoms with Gasteiger partial charge in [0.1, 0.15) is 0 Å². The molecule has 11 heavy (non-hydrogen) atoms. The van der Waals surface area contributed by atoms with Crippen LogP contribution in [0.4, 0.5) is 0 Å². The predicted octanol–water partition coefficient (Wildman–Crippen LogP) is -0.413. The molecule has 0 fully saturated rings. The minimum absolute atomic E-state index is 0.0835. The Bertz CT molecular complexity index is 260. The van der Waals surface area contributed by atoms with Crippen LogP contribution < -0.4 is 0 Å². The van der Waals surface area contributed by atoms with E-state index in [-0.39, 0.29) is 24.8 Å². The van der Waals surface area contributed by atoms with E-state index in [1.807, 2.05) is 0 Å². The molecule has 0 aromatic heterocycles. The first-order valence-electron chi connectivity index (χ1n) is 3.17. The van der Waals surface area contributed by atoms with Crippen LogP contribution in [-0.2, 0) is 9.59 Å². The van der Waals surface area contributed by atoms with Gasteiger partial charge in [-0.1, -0.05) is 5.92 Å². The van der Waals surface area contributed by atoms with Crippen molar-refractivity contribution in [2.75, 3.05) is 13.1 Å². The van der Waals surface area contributed by atoms with Gasteiger partial charge in [0.2, 0.25) is 5.91 Å². The number of terminal acetylenes is 1. The van der Waals surface area contributed by atoms with Gasteiger partial charge in [-0.3, -0.25) is 9.59 Å². The fraction of sp³-hybridized carbons (Fsp3) is 0.250. The second kappa shape index (κ2) is 3.02. The minimum Gasteiger partial charge on any atom is -0.320 e. The van der Waals surface area contributed by atoms with Gasteiger partial charge < -0.3 is 4.90 Å². The largest absolute Gasteiger partial charge is 0.320 e. The Balaban J connectivity index is 2.69. The van der Waals surface area contributed by atoms with E-state index < -0.39 is 0 Å². The summed E-state index contributed by atoms with van der Waals surface area (Å²) in [6.07, 6.45) is 7.50. The first-order valence-corrected chi connectivity index (χ1v) is 3.17. The van der Waals surface area contributed by atoms with Crippen molar-refractivity contribution in [3.05, 3.63) is 12.2 Å². The van der Waals surface area contributed by atoms with Crippen LogP contribution in [0.15, 0.2) is 12.2 Å². The third-order valence-electron chi connectivity index (χ3n) is 1.35. The summed E-state index contributed by atoms with van der Waals surface area (Å²) in [6, 6.07) is 0. The Morgan fingerprint density at radius 1 is 1.55 bits per heavy atom. The van der Waals surface area contributed by atoms with E-state index >= 15 is 0 Å². The van der Waals surface area contributed by atoms with E-state index in [4.69, 9.17) is 6.42 Å². The molecule has 0 bridgehead atoms. The van der Waals surface area contributed by atoms with E-state index in [0.717, 1.165) is 0 Å². The van der Waals surface area contributed by atoms with Gasteiger partial charge >= 0.3 is 0 Å². The molecule has 56 valence electrons. The first-order chi connectivity index (χ1) is 5.24. The maximum Gasteiger partial charge on any atom is 0.247 e. The smallest absolute Gasteiger partial charge is 0.247 e. The lowest BCUT2D eigenvalue weighted by Gasteiger charge is -2.19. The summed E-state index contributed by atoms with van der Waals surface area (Å²) in [6.45, 7) is 0.314.